The van der Waals surface area contributed by atoms with Gasteiger partial charge in [-0.3, -0.25) is 10.1 Å². The molecular formula is C13H11BrClNO2S. The zero-order valence-corrected chi connectivity index (χ0v) is 12.9. The zero-order valence-electron chi connectivity index (χ0n) is 9.77. The third-order valence-corrected chi connectivity index (χ3v) is 4.67. The van der Waals surface area contributed by atoms with Crippen molar-refractivity contribution >= 4 is 44.8 Å². The fourth-order valence-electron chi connectivity index (χ4n) is 1.66. The highest BCUT2D eigenvalue weighted by molar-refractivity contribution is 9.10. The Bertz CT molecular complexity index is 574. The van der Waals surface area contributed by atoms with Crippen molar-refractivity contribution < 1.29 is 9.90 Å². The number of hydrogen-bond donors (Lipinski definition) is 2. The van der Waals surface area contributed by atoms with Crippen LogP contribution in [0.5, 0.6) is 0 Å². The Morgan fingerprint density at radius 1 is 1.47 bits per heavy atom. The van der Waals surface area contributed by atoms with Gasteiger partial charge in [0.2, 0.25) is 0 Å². The topological polar surface area (TPSA) is 49.3 Å². The monoisotopic (exact) mass is 359 g/mol. The van der Waals surface area contributed by atoms with Crippen molar-refractivity contribution in [2.24, 2.45) is 0 Å². The highest BCUT2D eigenvalue weighted by atomic mass is 79.9. The van der Waals surface area contributed by atoms with Crippen molar-refractivity contribution in [2.75, 3.05) is 0 Å². The lowest BCUT2D eigenvalue weighted by Gasteiger charge is -2.15. The van der Waals surface area contributed by atoms with Crippen LogP contribution in [0.4, 0.5) is 0 Å². The molecule has 2 N–H and O–H groups in total. The lowest BCUT2D eigenvalue weighted by Crippen LogP contribution is -2.27. The zero-order chi connectivity index (χ0) is 13.8. The molecule has 1 heterocycles. The van der Waals surface area contributed by atoms with Gasteiger partial charge < -0.3 is 5.11 Å². The normalized spacial score (nSPS) is 12.3. The first kappa shape index (κ1) is 14.5. The number of rotatable bonds is 5. The van der Waals surface area contributed by atoms with Crippen LogP contribution in [0, 0.1) is 0 Å². The molecule has 1 aromatic heterocycles. The van der Waals surface area contributed by atoms with Crippen LogP contribution in [0.3, 0.4) is 0 Å². The second kappa shape index (κ2) is 6.52. The van der Waals surface area contributed by atoms with E-state index in [9.17, 15) is 9.90 Å². The summed E-state index contributed by atoms with van der Waals surface area (Å²) in [5.41, 5.74) is 0.667. The molecule has 2 rings (SSSR count). The minimum Gasteiger partial charge on any atom is -0.480 e. The van der Waals surface area contributed by atoms with Gasteiger partial charge in [0.05, 0.1) is 5.02 Å². The molecule has 1 aromatic carbocycles. The summed E-state index contributed by atoms with van der Waals surface area (Å²) in [7, 11) is 0. The van der Waals surface area contributed by atoms with Gasteiger partial charge in [-0.2, -0.15) is 0 Å². The summed E-state index contributed by atoms with van der Waals surface area (Å²) in [5, 5.41) is 14.9. The number of carbonyl (C=O) groups is 1. The Morgan fingerprint density at radius 3 is 2.84 bits per heavy atom. The Labute approximate surface area is 128 Å². The minimum atomic E-state index is -0.911. The Morgan fingerprint density at radius 2 is 2.26 bits per heavy atom. The fourth-order valence-corrected chi connectivity index (χ4v) is 2.83. The van der Waals surface area contributed by atoms with Gasteiger partial charge in [-0.25, -0.2) is 0 Å². The molecule has 2 aromatic rings. The molecule has 1 atom stereocenters. The molecule has 19 heavy (non-hydrogen) atoms. The van der Waals surface area contributed by atoms with E-state index in [4.69, 9.17) is 11.6 Å². The third-order valence-electron chi connectivity index (χ3n) is 2.58. The molecule has 0 aliphatic carbocycles. The molecule has 0 saturated carbocycles. The second-order valence-corrected chi connectivity index (χ2v) is 6.20. The van der Waals surface area contributed by atoms with E-state index in [0.717, 1.165) is 4.88 Å². The second-order valence-electron chi connectivity index (χ2n) is 3.91. The molecule has 0 spiro atoms. The van der Waals surface area contributed by atoms with Crippen LogP contribution < -0.4 is 5.32 Å². The Kier molecular flexibility index (Phi) is 4.99. The number of carboxylic acids is 1. The van der Waals surface area contributed by atoms with Crippen LogP contribution in [-0.2, 0) is 11.3 Å². The molecule has 0 aliphatic rings. The smallest absolute Gasteiger partial charge is 0.325 e. The largest absolute Gasteiger partial charge is 0.480 e. The van der Waals surface area contributed by atoms with Crippen molar-refractivity contribution in [3.63, 3.8) is 0 Å². The maximum Gasteiger partial charge on any atom is 0.325 e. The summed E-state index contributed by atoms with van der Waals surface area (Å²) in [6, 6.07) is 8.28. The summed E-state index contributed by atoms with van der Waals surface area (Å²) in [6.45, 7) is 0.523. The molecule has 100 valence electrons. The van der Waals surface area contributed by atoms with E-state index in [1.54, 1.807) is 29.5 Å². The summed E-state index contributed by atoms with van der Waals surface area (Å²) in [4.78, 5) is 12.4. The van der Waals surface area contributed by atoms with Gasteiger partial charge in [-0.15, -0.1) is 11.3 Å². The Balaban J connectivity index is 2.15. The standard InChI is InChI=1S/C13H11BrClNO2S/c14-10-6-8(3-4-11(10)15)12(13(17)18)16-7-9-2-1-5-19-9/h1-6,12,16H,7H2,(H,17,18). The van der Waals surface area contributed by atoms with Crippen molar-refractivity contribution in [2.45, 2.75) is 12.6 Å². The fraction of sp³-hybridized carbons (Fsp3) is 0.154. The summed E-state index contributed by atoms with van der Waals surface area (Å²) in [5.74, 6) is -0.911. The molecule has 1 unspecified atom stereocenters. The number of benzene rings is 1. The van der Waals surface area contributed by atoms with Gasteiger partial charge in [0.25, 0.3) is 0 Å². The SMILES string of the molecule is O=C(O)C(NCc1cccs1)c1ccc(Cl)c(Br)c1. The highest BCUT2D eigenvalue weighted by Crippen LogP contribution is 2.26. The van der Waals surface area contributed by atoms with Gasteiger partial charge in [0.15, 0.2) is 0 Å². The predicted molar refractivity (Wildman–Crippen MR) is 80.7 cm³/mol. The lowest BCUT2D eigenvalue weighted by molar-refractivity contribution is -0.139. The molecule has 3 nitrogen and oxygen atoms in total. The average molecular weight is 361 g/mol. The first-order chi connectivity index (χ1) is 9.08. The van der Waals surface area contributed by atoms with Crippen molar-refractivity contribution in [3.8, 4) is 0 Å². The molecule has 0 amide bonds. The molecule has 0 fully saturated rings. The van der Waals surface area contributed by atoms with E-state index in [-0.39, 0.29) is 0 Å². The van der Waals surface area contributed by atoms with E-state index in [2.05, 4.69) is 21.2 Å². The average Bonchev–Trinajstić information content (AvgIpc) is 2.86. The van der Waals surface area contributed by atoms with Crippen LogP contribution in [-0.4, -0.2) is 11.1 Å². The van der Waals surface area contributed by atoms with Crippen LogP contribution in [0.2, 0.25) is 5.02 Å². The number of aliphatic carboxylic acids is 1. The predicted octanol–water partition coefficient (Wildman–Crippen LogP) is 4.08. The van der Waals surface area contributed by atoms with E-state index >= 15 is 0 Å². The van der Waals surface area contributed by atoms with Crippen molar-refractivity contribution in [1.82, 2.24) is 5.32 Å². The van der Waals surface area contributed by atoms with Gasteiger partial charge >= 0.3 is 5.97 Å². The lowest BCUT2D eigenvalue weighted by atomic mass is 10.1. The molecule has 6 heteroatoms. The summed E-state index contributed by atoms with van der Waals surface area (Å²) < 4.78 is 0.691. The van der Waals surface area contributed by atoms with E-state index < -0.39 is 12.0 Å². The van der Waals surface area contributed by atoms with Gasteiger partial charge in [-0.05, 0) is 45.1 Å². The van der Waals surface area contributed by atoms with E-state index in [1.165, 1.54) is 0 Å². The van der Waals surface area contributed by atoms with Gasteiger partial charge in [-0.1, -0.05) is 23.7 Å². The van der Waals surface area contributed by atoms with Crippen molar-refractivity contribution in [1.29, 1.82) is 0 Å². The van der Waals surface area contributed by atoms with E-state index in [0.29, 0.717) is 21.6 Å². The number of hydrogen-bond acceptors (Lipinski definition) is 3. The third kappa shape index (κ3) is 3.79. The molecule has 0 aliphatic heterocycles. The maximum atomic E-state index is 11.3. The van der Waals surface area contributed by atoms with Crippen LogP contribution in [0.15, 0.2) is 40.2 Å². The summed E-state index contributed by atoms with van der Waals surface area (Å²) in [6.07, 6.45) is 0. The quantitative estimate of drug-likeness (QED) is 0.844. The summed E-state index contributed by atoms with van der Waals surface area (Å²) >= 11 is 10.8. The number of thiophene rings is 1. The first-order valence-corrected chi connectivity index (χ1v) is 7.56. The van der Waals surface area contributed by atoms with Gasteiger partial charge in [0, 0.05) is 15.9 Å². The molecule has 0 bridgehead atoms. The van der Waals surface area contributed by atoms with Gasteiger partial charge in [0.1, 0.15) is 6.04 Å². The van der Waals surface area contributed by atoms with Crippen molar-refractivity contribution in [3.05, 3.63) is 55.6 Å². The maximum absolute atomic E-state index is 11.3. The van der Waals surface area contributed by atoms with Crippen LogP contribution in [0.1, 0.15) is 16.5 Å². The number of nitrogens with one attached hydrogen (secondary N) is 1. The van der Waals surface area contributed by atoms with Crippen LogP contribution >= 0.6 is 38.9 Å². The highest BCUT2D eigenvalue weighted by Gasteiger charge is 2.20. The molecule has 0 radical (unpaired) electrons. The Hall–Kier alpha value is -0.880. The molecular weight excluding hydrogens is 350 g/mol. The minimum absolute atomic E-state index is 0.523. The molecule has 0 saturated heterocycles. The first-order valence-electron chi connectivity index (χ1n) is 5.51. The van der Waals surface area contributed by atoms with E-state index in [1.807, 2.05) is 17.5 Å². The number of halogens is 2. The number of carboxylic acid groups (broad SMARTS) is 1. The van der Waals surface area contributed by atoms with Crippen LogP contribution in [0.25, 0.3) is 0 Å².